The second kappa shape index (κ2) is 11.3. The second-order valence-corrected chi connectivity index (χ2v) is 14.5. The molecule has 0 atom stereocenters. The molecule has 50 heavy (non-hydrogen) atoms. The highest BCUT2D eigenvalue weighted by Gasteiger charge is 2.44. The largest absolute Gasteiger partial charge is 0.310 e. The fourth-order valence-electron chi connectivity index (χ4n) is 8.40. The SMILES string of the molecule is CC1(c2c(N(c3ccc(-c4ccccc4)cc3)c3ccc4ccccc4c3)ccc3sc4ccccc4c23)c2ccccc2-c2ccccc21. The van der Waals surface area contributed by atoms with E-state index in [2.05, 4.69) is 194 Å². The minimum absolute atomic E-state index is 0.412. The van der Waals surface area contributed by atoms with Gasteiger partial charge in [-0.15, -0.1) is 11.3 Å². The molecule has 236 valence electrons. The zero-order chi connectivity index (χ0) is 33.2. The summed E-state index contributed by atoms with van der Waals surface area (Å²) in [6.07, 6.45) is 0. The van der Waals surface area contributed by atoms with Crippen LogP contribution in [0.4, 0.5) is 17.1 Å². The highest BCUT2D eigenvalue weighted by atomic mass is 32.1. The lowest BCUT2D eigenvalue weighted by molar-refractivity contribution is 0.721. The summed E-state index contributed by atoms with van der Waals surface area (Å²) in [6, 6.07) is 67.0. The van der Waals surface area contributed by atoms with E-state index >= 15 is 0 Å². The Morgan fingerprint density at radius 1 is 0.460 bits per heavy atom. The van der Waals surface area contributed by atoms with Gasteiger partial charge >= 0.3 is 0 Å². The summed E-state index contributed by atoms with van der Waals surface area (Å²) in [5.74, 6) is 0. The summed E-state index contributed by atoms with van der Waals surface area (Å²) in [5, 5.41) is 5.11. The highest BCUT2D eigenvalue weighted by Crippen LogP contribution is 2.58. The van der Waals surface area contributed by atoms with Gasteiger partial charge in [-0.25, -0.2) is 0 Å². The van der Waals surface area contributed by atoms with E-state index in [-0.39, 0.29) is 0 Å². The van der Waals surface area contributed by atoms with Crippen LogP contribution in [0.2, 0.25) is 0 Å². The molecule has 0 N–H and O–H groups in total. The topological polar surface area (TPSA) is 3.24 Å². The maximum Gasteiger partial charge on any atom is 0.0513 e. The van der Waals surface area contributed by atoms with E-state index in [4.69, 9.17) is 0 Å². The Morgan fingerprint density at radius 3 is 1.82 bits per heavy atom. The molecule has 9 aromatic rings. The second-order valence-electron chi connectivity index (χ2n) is 13.4. The summed E-state index contributed by atoms with van der Waals surface area (Å²) >= 11 is 1.89. The molecule has 0 bridgehead atoms. The molecule has 1 aliphatic rings. The molecule has 1 nitrogen and oxygen atoms in total. The predicted octanol–water partition coefficient (Wildman–Crippen LogP) is 13.7. The van der Waals surface area contributed by atoms with Gasteiger partial charge in [-0.05, 0) is 93.5 Å². The molecule has 0 saturated heterocycles. The molecule has 0 spiro atoms. The van der Waals surface area contributed by atoms with Crippen LogP contribution in [0.5, 0.6) is 0 Å². The molecule has 0 aliphatic heterocycles. The van der Waals surface area contributed by atoms with Crippen LogP contribution < -0.4 is 4.90 Å². The molecule has 8 aromatic carbocycles. The summed E-state index contributed by atoms with van der Waals surface area (Å²) in [6.45, 7) is 2.46. The van der Waals surface area contributed by atoms with Crippen LogP contribution in [0.3, 0.4) is 0 Å². The minimum Gasteiger partial charge on any atom is -0.310 e. The van der Waals surface area contributed by atoms with E-state index in [0.29, 0.717) is 0 Å². The Balaban J connectivity index is 1.32. The third-order valence-electron chi connectivity index (χ3n) is 10.7. The van der Waals surface area contributed by atoms with Crippen LogP contribution in [0, 0.1) is 0 Å². The molecule has 0 amide bonds. The monoisotopic (exact) mass is 655 g/mol. The molecular formula is C48H33NS. The Bertz CT molecular complexity index is 2670. The van der Waals surface area contributed by atoms with E-state index in [1.807, 2.05) is 11.3 Å². The average molecular weight is 656 g/mol. The van der Waals surface area contributed by atoms with Crippen molar-refractivity contribution in [3.8, 4) is 22.3 Å². The van der Waals surface area contributed by atoms with Crippen molar-refractivity contribution in [2.45, 2.75) is 12.3 Å². The van der Waals surface area contributed by atoms with Gasteiger partial charge in [-0.2, -0.15) is 0 Å². The Kier molecular flexibility index (Phi) is 6.55. The molecule has 0 radical (unpaired) electrons. The van der Waals surface area contributed by atoms with Crippen LogP contribution in [0.1, 0.15) is 23.6 Å². The molecule has 1 aliphatic carbocycles. The standard InChI is InChI=1S/C48H33NS/c1-48(41-20-10-7-17-38(41)39-18-8-11-21-42(39)48)47-43(29-30-45-46(47)40-19-9-12-22-44(40)50-45)49(37-28-25-33-15-5-6-16-35(33)31-37)36-26-23-34(24-27-36)32-13-3-2-4-14-32/h2-31H,1H3. The van der Waals surface area contributed by atoms with Crippen LogP contribution in [0.15, 0.2) is 182 Å². The van der Waals surface area contributed by atoms with E-state index in [0.717, 1.165) is 11.4 Å². The van der Waals surface area contributed by atoms with Gasteiger partial charge in [0.1, 0.15) is 0 Å². The van der Waals surface area contributed by atoms with Crippen molar-refractivity contribution < 1.29 is 0 Å². The van der Waals surface area contributed by atoms with Crippen molar-refractivity contribution >= 4 is 59.3 Å². The number of rotatable bonds is 5. The van der Waals surface area contributed by atoms with E-state index in [1.165, 1.54) is 75.6 Å². The lowest BCUT2D eigenvalue weighted by atomic mass is 9.71. The van der Waals surface area contributed by atoms with Crippen LogP contribution in [0.25, 0.3) is 53.2 Å². The summed E-state index contributed by atoms with van der Waals surface area (Å²) < 4.78 is 2.62. The quantitative estimate of drug-likeness (QED) is 0.178. The first-order valence-electron chi connectivity index (χ1n) is 17.3. The minimum atomic E-state index is -0.412. The fraction of sp³-hybridized carbons (Fsp3) is 0.0417. The van der Waals surface area contributed by atoms with Crippen molar-refractivity contribution in [3.05, 3.63) is 199 Å². The summed E-state index contributed by atoms with van der Waals surface area (Å²) in [4.78, 5) is 2.50. The zero-order valence-electron chi connectivity index (χ0n) is 27.7. The zero-order valence-corrected chi connectivity index (χ0v) is 28.5. The Morgan fingerprint density at radius 2 is 1.06 bits per heavy atom. The highest BCUT2D eigenvalue weighted by molar-refractivity contribution is 7.25. The maximum absolute atomic E-state index is 2.50. The number of fused-ring (bicyclic) bond motifs is 7. The van der Waals surface area contributed by atoms with Gasteiger partial charge in [0, 0.05) is 42.5 Å². The van der Waals surface area contributed by atoms with Crippen molar-refractivity contribution in [1.82, 2.24) is 0 Å². The van der Waals surface area contributed by atoms with Gasteiger partial charge in [0.15, 0.2) is 0 Å². The van der Waals surface area contributed by atoms with Crippen molar-refractivity contribution in [2.24, 2.45) is 0 Å². The molecular weight excluding hydrogens is 623 g/mol. The van der Waals surface area contributed by atoms with Crippen LogP contribution >= 0.6 is 11.3 Å². The first kappa shape index (κ1) is 29.0. The van der Waals surface area contributed by atoms with Gasteiger partial charge in [-0.1, -0.05) is 140 Å². The number of nitrogens with zero attached hydrogens (tertiary/aromatic N) is 1. The van der Waals surface area contributed by atoms with Crippen molar-refractivity contribution in [3.63, 3.8) is 0 Å². The van der Waals surface area contributed by atoms with E-state index < -0.39 is 5.41 Å². The first-order chi connectivity index (χ1) is 24.7. The lowest BCUT2D eigenvalue weighted by Crippen LogP contribution is -2.26. The van der Waals surface area contributed by atoms with Crippen LogP contribution in [-0.2, 0) is 5.41 Å². The van der Waals surface area contributed by atoms with Gasteiger partial charge in [-0.3, -0.25) is 0 Å². The van der Waals surface area contributed by atoms with Gasteiger partial charge in [0.2, 0.25) is 0 Å². The van der Waals surface area contributed by atoms with E-state index in [1.54, 1.807) is 0 Å². The smallest absolute Gasteiger partial charge is 0.0513 e. The first-order valence-corrected chi connectivity index (χ1v) is 18.1. The van der Waals surface area contributed by atoms with Crippen molar-refractivity contribution in [1.29, 1.82) is 0 Å². The van der Waals surface area contributed by atoms with Crippen molar-refractivity contribution in [2.75, 3.05) is 4.90 Å². The Labute approximate surface area is 296 Å². The number of hydrogen-bond acceptors (Lipinski definition) is 2. The lowest BCUT2D eigenvalue weighted by Gasteiger charge is -2.36. The molecule has 0 unspecified atom stereocenters. The average Bonchev–Trinajstić information content (AvgIpc) is 3.69. The third kappa shape index (κ3) is 4.32. The molecule has 10 rings (SSSR count). The number of anilines is 3. The number of hydrogen-bond donors (Lipinski definition) is 0. The molecule has 0 fully saturated rings. The fourth-order valence-corrected chi connectivity index (χ4v) is 9.51. The molecule has 1 heterocycles. The van der Waals surface area contributed by atoms with Gasteiger partial charge in [0.25, 0.3) is 0 Å². The third-order valence-corrected chi connectivity index (χ3v) is 11.8. The van der Waals surface area contributed by atoms with Gasteiger partial charge in [0.05, 0.1) is 5.69 Å². The van der Waals surface area contributed by atoms with E-state index in [9.17, 15) is 0 Å². The molecule has 2 heteroatoms. The number of thiophene rings is 1. The molecule has 1 aromatic heterocycles. The molecule has 0 saturated carbocycles. The predicted molar refractivity (Wildman–Crippen MR) is 214 cm³/mol. The summed E-state index contributed by atoms with van der Waals surface area (Å²) in [5.41, 5.74) is 12.1. The van der Waals surface area contributed by atoms with Crippen LogP contribution in [-0.4, -0.2) is 0 Å². The summed E-state index contributed by atoms with van der Waals surface area (Å²) in [7, 11) is 0. The van der Waals surface area contributed by atoms with Gasteiger partial charge < -0.3 is 4.90 Å². The Hall–Kier alpha value is -5.96. The maximum atomic E-state index is 2.50. The normalized spacial score (nSPS) is 13.1. The number of benzene rings is 8.